The van der Waals surface area contributed by atoms with E-state index in [1.54, 1.807) is 6.08 Å². The predicted octanol–water partition coefficient (Wildman–Crippen LogP) is 4.31. The summed E-state index contributed by atoms with van der Waals surface area (Å²) >= 11 is 0. The summed E-state index contributed by atoms with van der Waals surface area (Å²) in [4.78, 5) is 0. The summed E-state index contributed by atoms with van der Waals surface area (Å²) in [7, 11) is 0. The maximum absolute atomic E-state index is 11.0. The van der Waals surface area contributed by atoms with Crippen molar-refractivity contribution in [1.82, 2.24) is 0 Å². The Hall–Kier alpha value is -0.340. The second kappa shape index (κ2) is 5.09. The molecule has 0 heterocycles. The van der Waals surface area contributed by atoms with Crippen LogP contribution in [0.5, 0.6) is 0 Å². The molecule has 2 fully saturated rings. The highest BCUT2D eigenvalue weighted by Crippen LogP contribution is 2.63. The third kappa shape index (κ3) is 2.94. The number of rotatable bonds is 3. The molecule has 0 saturated heterocycles. The fourth-order valence-electron chi connectivity index (χ4n) is 5.57. The van der Waals surface area contributed by atoms with Crippen LogP contribution < -0.4 is 0 Å². The first kappa shape index (κ1) is 17.0. The topological polar surface area (TPSA) is 40.5 Å². The summed E-state index contributed by atoms with van der Waals surface area (Å²) in [6, 6.07) is 0. The Morgan fingerprint density at radius 2 is 1.81 bits per heavy atom. The summed E-state index contributed by atoms with van der Waals surface area (Å²) in [5.74, 6) is 0.751. The van der Waals surface area contributed by atoms with Gasteiger partial charge in [0.1, 0.15) is 0 Å². The van der Waals surface area contributed by atoms with Gasteiger partial charge in [0.15, 0.2) is 0 Å². The molecule has 0 amide bonds. The van der Waals surface area contributed by atoms with Crippen molar-refractivity contribution >= 4 is 0 Å². The highest BCUT2D eigenvalue weighted by molar-refractivity contribution is 5.10. The summed E-state index contributed by atoms with van der Waals surface area (Å²) in [5, 5.41) is 21.5. The molecule has 0 radical (unpaired) electrons. The van der Waals surface area contributed by atoms with Gasteiger partial charge in [0, 0.05) is 0 Å². The SMILES string of the molecule is C=C[C@](C)(O)C[C@H]1[C@@]2(C)CCCC(C)(C)[C@H]2CC[C@]1(C)O. The molecule has 5 atom stereocenters. The molecule has 2 heteroatoms. The quantitative estimate of drug-likeness (QED) is 0.762. The largest absolute Gasteiger partial charge is 0.390 e. The lowest BCUT2D eigenvalue weighted by Gasteiger charge is -2.62. The maximum atomic E-state index is 11.0. The summed E-state index contributed by atoms with van der Waals surface area (Å²) in [5.41, 5.74) is -1.15. The standard InChI is InChI=1S/C19H34O2/c1-7-17(4,20)13-15-18(5)11-8-10-16(2,3)14(18)9-12-19(15,6)21/h7,14-15,20-21H,1,8-13H2,2-6H3/t14-,15+,17+,18+,19+/m1/s1. The van der Waals surface area contributed by atoms with E-state index in [0.717, 1.165) is 19.3 Å². The Bertz CT molecular complexity index is 408. The van der Waals surface area contributed by atoms with Gasteiger partial charge in [-0.2, -0.15) is 0 Å². The molecule has 2 saturated carbocycles. The molecule has 0 bridgehead atoms. The molecular weight excluding hydrogens is 260 g/mol. The van der Waals surface area contributed by atoms with Crippen molar-refractivity contribution in [3.05, 3.63) is 12.7 Å². The van der Waals surface area contributed by atoms with Gasteiger partial charge < -0.3 is 10.2 Å². The van der Waals surface area contributed by atoms with Crippen LogP contribution in [-0.2, 0) is 0 Å². The normalized spacial score (nSPS) is 45.5. The van der Waals surface area contributed by atoms with Gasteiger partial charge in [0.05, 0.1) is 11.2 Å². The molecule has 0 aromatic heterocycles. The zero-order chi connectivity index (χ0) is 16.1. The Morgan fingerprint density at radius 1 is 1.19 bits per heavy atom. The lowest BCUT2D eigenvalue weighted by Crippen LogP contribution is -2.58. The van der Waals surface area contributed by atoms with Gasteiger partial charge in [0.25, 0.3) is 0 Å². The Morgan fingerprint density at radius 3 is 2.38 bits per heavy atom. The lowest BCUT2D eigenvalue weighted by atomic mass is 9.44. The first-order valence-electron chi connectivity index (χ1n) is 8.53. The third-order valence-corrected chi connectivity index (χ3v) is 6.82. The average Bonchev–Trinajstić information content (AvgIpc) is 2.33. The molecule has 0 aromatic rings. The van der Waals surface area contributed by atoms with Crippen molar-refractivity contribution in [1.29, 1.82) is 0 Å². The van der Waals surface area contributed by atoms with Crippen LogP contribution in [-0.4, -0.2) is 21.4 Å². The fourth-order valence-corrected chi connectivity index (χ4v) is 5.57. The van der Waals surface area contributed by atoms with Crippen LogP contribution in [0, 0.1) is 22.7 Å². The molecule has 2 nitrogen and oxygen atoms in total. The van der Waals surface area contributed by atoms with E-state index in [-0.39, 0.29) is 11.3 Å². The minimum atomic E-state index is -0.902. The minimum absolute atomic E-state index is 0.108. The van der Waals surface area contributed by atoms with E-state index in [1.807, 2.05) is 13.8 Å². The highest BCUT2D eigenvalue weighted by Gasteiger charge is 2.58. The molecule has 0 aliphatic heterocycles. The molecule has 2 aliphatic carbocycles. The average molecular weight is 294 g/mol. The van der Waals surface area contributed by atoms with Crippen molar-refractivity contribution in [2.24, 2.45) is 22.7 Å². The monoisotopic (exact) mass is 294 g/mol. The first-order chi connectivity index (χ1) is 9.45. The van der Waals surface area contributed by atoms with E-state index in [2.05, 4.69) is 27.4 Å². The van der Waals surface area contributed by atoms with Crippen molar-refractivity contribution in [3.8, 4) is 0 Å². The van der Waals surface area contributed by atoms with E-state index in [9.17, 15) is 10.2 Å². The number of hydrogen-bond acceptors (Lipinski definition) is 2. The Balaban J connectivity index is 2.39. The lowest BCUT2D eigenvalue weighted by molar-refractivity contribution is -0.180. The van der Waals surface area contributed by atoms with Gasteiger partial charge in [-0.25, -0.2) is 0 Å². The third-order valence-electron chi connectivity index (χ3n) is 6.82. The Kier molecular flexibility index (Phi) is 4.13. The van der Waals surface area contributed by atoms with Crippen LogP contribution in [0.3, 0.4) is 0 Å². The van der Waals surface area contributed by atoms with Gasteiger partial charge in [-0.3, -0.25) is 0 Å². The van der Waals surface area contributed by atoms with Crippen LogP contribution in [0.15, 0.2) is 12.7 Å². The number of aliphatic hydroxyl groups is 2. The van der Waals surface area contributed by atoms with Crippen LogP contribution in [0.4, 0.5) is 0 Å². The van der Waals surface area contributed by atoms with Crippen LogP contribution in [0.1, 0.15) is 73.1 Å². The van der Waals surface area contributed by atoms with Gasteiger partial charge in [-0.05, 0) is 68.6 Å². The molecule has 2 N–H and O–H groups in total. The highest BCUT2D eigenvalue weighted by atomic mass is 16.3. The molecule has 21 heavy (non-hydrogen) atoms. The second-order valence-electron chi connectivity index (χ2n) is 9.11. The summed E-state index contributed by atoms with van der Waals surface area (Å²) < 4.78 is 0. The fraction of sp³-hybridized carbons (Fsp3) is 0.895. The first-order valence-corrected chi connectivity index (χ1v) is 8.53. The van der Waals surface area contributed by atoms with Gasteiger partial charge in [-0.1, -0.05) is 33.3 Å². The molecular formula is C19H34O2. The van der Waals surface area contributed by atoms with E-state index in [1.165, 1.54) is 12.8 Å². The molecule has 0 spiro atoms. The molecule has 0 unspecified atom stereocenters. The van der Waals surface area contributed by atoms with Gasteiger partial charge in [-0.15, -0.1) is 6.58 Å². The summed E-state index contributed by atoms with van der Waals surface area (Å²) in [6.45, 7) is 14.7. The van der Waals surface area contributed by atoms with Crippen LogP contribution in [0.2, 0.25) is 0 Å². The van der Waals surface area contributed by atoms with E-state index in [0.29, 0.717) is 17.8 Å². The zero-order valence-electron chi connectivity index (χ0n) is 14.6. The zero-order valence-corrected chi connectivity index (χ0v) is 14.6. The van der Waals surface area contributed by atoms with Gasteiger partial charge >= 0.3 is 0 Å². The van der Waals surface area contributed by atoms with E-state index in [4.69, 9.17) is 0 Å². The van der Waals surface area contributed by atoms with Crippen molar-refractivity contribution in [2.45, 2.75) is 84.3 Å². The molecule has 2 rings (SSSR count). The smallest absolute Gasteiger partial charge is 0.0801 e. The van der Waals surface area contributed by atoms with Crippen molar-refractivity contribution in [3.63, 3.8) is 0 Å². The minimum Gasteiger partial charge on any atom is -0.390 e. The molecule has 2 aliphatic rings. The number of hydrogen-bond donors (Lipinski definition) is 2. The van der Waals surface area contributed by atoms with E-state index < -0.39 is 11.2 Å². The van der Waals surface area contributed by atoms with E-state index >= 15 is 0 Å². The van der Waals surface area contributed by atoms with Crippen LogP contribution in [0.25, 0.3) is 0 Å². The predicted molar refractivity (Wildman–Crippen MR) is 88.0 cm³/mol. The second-order valence-corrected chi connectivity index (χ2v) is 9.11. The number of fused-ring (bicyclic) bond motifs is 1. The van der Waals surface area contributed by atoms with Crippen molar-refractivity contribution in [2.75, 3.05) is 0 Å². The van der Waals surface area contributed by atoms with Crippen molar-refractivity contribution < 1.29 is 10.2 Å². The summed E-state index contributed by atoms with van der Waals surface area (Å²) in [6.07, 6.45) is 7.84. The maximum Gasteiger partial charge on any atom is 0.0801 e. The molecule has 0 aromatic carbocycles. The molecule has 122 valence electrons. The van der Waals surface area contributed by atoms with Crippen LogP contribution >= 0.6 is 0 Å². The Labute approximate surface area is 130 Å². The van der Waals surface area contributed by atoms with Gasteiger partial charge in [0.2, 0.25) is 0 Å².